The first kappa shape index (κ1) is 18.5. The number of carbonyl (C=O) groups excluding carboxylic acids is 1. The second-order valence-corrected chi connectivity index (χ2v) is 6.92. The highest BCUT2D eigenvalue weighted by atomic mass is 32.2. The van der Waals surface area contributed by atoms with Crippen molar-refractivity contribution in [2.45, 2.75) is 11.4 Å². The van der Waals surface area contributed by atoms with Crippen molar-refractivity contribution in [1.29, 1.82) is 0 Å². The van der Waals surface area contributed by atoms with E-state index in [9.17, 15) is 22.0 Å². The van der Waals surface area contributed by atoms with Gasteiger partial charge in [-0.15, -0.1) is 15.0 Å². The number of tetrazole rings is 1. The topological polar surface area (TPSA) is 119 Å². The maximum atomic E-state index is 13.2. The van der Waals surface area contributed by atoms with Crippen LogP contribution >= 0.6 is 0 Å². The van der Waals surface area contributed by atoms with Gasteiger partial charge in [0, 0.05) is 5.56 Å². The number of amides is 1. The molecule has 9 nitrogen and oxygen atoms in total. The number of nitrogens with zero attached hydrogens (tertiary/aromatic N) is 4. The fourth-order valence-electron chi connectivity index (χ4n) is 2.01. The highest BCUT2D eigenvalue weighted by Gasteiger charge is 2.18. The van der Waals surface area contributed by atoms with Gasteiger partial charge in [-0.1, -0.05) is 30.3 Å². The smallest absolute Gasteiger partial charge is 0.258 e. The van der Waals surface area contributed by atoms with Gasteiger partial charge in [0.1, 0.15) is 6.54 Å². The number of halogens is 2. The molecule has 12 heteroatoms. The highest BCUT2D eigenvalue weighted by molar-refractivity contribution is 7.89. The first-order chi connectivity index (χ1) is 12.8. The Morgan fingerprint density at radius 3 is 2.52 bits per heavy atom. The highest BCUT2D eigenvalue weighted by Crippen LogP contribution is 2.13. The van der Waals surface area contributed by atoms with Crippen molar-refractivity contribution in [2.24, 2.45) is 0 Å². The second-order valence-electron chi connectivity index (χ2n) is 5.24. The van der Waals surface area contributed by atoms with Crippen molar-refractivity contribution >= 4 is 15.9 Å². The Morgan fingerprint density at radius 2 is 1.81 bits per heavy atom. The predicted octanol–water partition coefficient (Wildman–Crippen LogP) is 0.628. The number of rotatable bonds is 6. The Bertz CT molecular complexity index is 1070. The van der Waals surface area contributed by atoms with Gasteiger partial charge in [0.25, 0.3) is 15.9 Å². The zero-order chi connectivity index (χ0) is 19.4. The molecule has 2 aromatic carbocycles. The quantitative estimate of drug-likeness (QED) is 0.592. The largest absolute Gasteiger partial charge is 0.276 e. The van der Waals surface area contributed by atoms with Gasteiger partial charge in [-0.05, 0) is 23.4 Å². The Hall–Kier alpha value is -3.25. The average Bonchev–Trinajstić information content (AvgIpc) is 3.11. The molecule has 0 aliphatic carbocycles. The lowest BCUT2D eigenvalue weighted by molar-refractivity contribution is -0.122. The van der Waals surface area contributed by atoms with Crippen LogP contribution in [0.5, 0.6) is 0 Å². The number of benzene rings is 2. The summed E-state index contributed by atoms with van der Waals surface area (Å²) in [5.74, 6) is -3.02. The normalized spacial score (nSPS) is 11.3. The number of hydrazine groups is 1. The van der Waals surface area contributed by atoms with E-state index in [0.29, 0.717) is 23.5 Å². The molecule has 3 aromatic rings. The minimum absolute atomic E-state index is 0.297. The SMILES string of the molecule is O=C(Cn1nnc(-c2ccccc2)n1)NNS(=O)(=O)c1ccc(F)c(F)c1. The molecule has 1 aromatic heterocycles. The molecule has 2 N–H and O–H groups in total. The van der Waals surface area contributed by atoms with E-state index in [-0.39, 0.29) is 0 Å². The molecule has 0 fully saturated rings. The fourth-order valence-corrected chi connectivity index (χ4v) is 2.88. The maximum absolute atomic E-state index is 13.2. The molecule has 1 amide bonds. The van der Waals surface area contributed by atoms with Gasteiger partial charge in [0.2, 0.25) is 5.82 Å². The standard InChI is InChI=1S/C15H12F2N6O3S/c16-12-7-6-11(8-13(12)17)27(25,26)22-18-14(24)9-23-20-15(19-21-23)10-4-2-1-3-5-10/h1-8,22H,9H2,(H,18,24). The zero-order valence-electron chi connectivity index (χ0n) is 13.5. The molecule has 0 unspecified atom stereocenters. The monoisotopic (exact) mass is 394 g/mol. The summed E-state index contributed by atoms with van der Waals surface area (Å²) in [4.78, 5) is 14.1. The maximum Gasteiger partial charge on any atom is 0.258 e. The minimum atomic E-state index is -4.28. The van der Waals surface area contributed by atoms with E-state index in [0.717, 1.165) is 10.9 Å². The van der Waals surface area contributed by atoms with Crippen LogP contribution in [-0.2, 0) is 21.4 Å². The van der Waals surface area contributed by atoms with E-state index in [1.807, 2.05) is 11.5 Å². The van der Waals surface area contributed by atoms with Crippen LogP contribution in [0.1, 0.15) is 0 Å². The summed E-state index contributed by atoms with van der Waals surface area (Å²) in [5, 5.41) is 11.5. The second kappa shape index (κ2) is 7.55. The van der Waals surface area contributed by atoms with Gasteiger partial charge in [0.15, 0.2) is 11.6 Å². The van der Waals surface area contributed by atoms with Gasteiger partial charge < -0.3 is 0 Å². The Balaban J connectivity index is 1.61. The van der Waals surface area contributed by atoms with Crippen molar-refractivity contribution in [3.05, 3.63) is 60.2 Å². The lowest BCUT2D eigenvalue weighted by atomic mass is 10.2. The molecular formula is C15H12F2N6O3S. The van der Waals surface area contributed by atoms with Crippen molar-refractivity contribution in [3.63, 3.8) is 0 Å². The number of aromatic nitrogens is 4. The molecule has 0 radical (unpaired) electrons. The lowest BCUT2D eigenvalue weighted by Crippen LogP contribution is -2.43. The van der Waals surface area contributed by atoms with Gasteiger partial charge in [-0.25, -0.2) is 17.2 Å². The molecule has 0 saturated carbocycles. The summed E-state index contributed by atoms with van der Waals surface area (Å²) < 4.78 is 50.0. The summed E-state index contributed by atoms with van der Waals surface area (Å²) >= 11 is 0. The first-order valence-electron chi connectivity index (χ1n) is 7.44. The van der Waals surface area contributed by atoms with Gasteiger partial charge in [-0.3, -0.25) is 10.2 Å². The van der Waals surface area contributed by atoms with Crippen molar-refractivity contribution in [1.82, 2.24) is 30.5 Å². The Morgan fingerprint density at radius 1 is 1.07 bits per heavy atom. The van der Waals surface area contributed by atoms with E-state index in [2.05, 4.69) is 15.4 Å². The van der Waals surface area contributed by atoms with E-state index in [1.54, 1.807) is 29.1 Å². The summed E-state index contributed by atoms with van der Waals surface area (Å²) in [7, 11) is -4.28. The summed E-state index contributed by atoms with van der Waals surface area (Å²) in [6.45, 7) is -0.417. The Labute approximate surface area is 152 Å². The number of sulfonamides is 1. The number of carbonyl (C=O) groups is 1. The van der Waals surface area contributed by atoms with Crippen molar-refractivity contribution < 1.29 is 22.0 Å². The number of hydrogen-bond donors (Lipinski definition) is 2. The summed E-state index contributed by atoms with van der Waals surface area (Å²) in [6.07, 6.45) is 0. The Kier molecular flexibility index (Phi) is 5.19. The van der Waals surface area contributed by atoms with Crippen LogP contribution in [0.15, 0.2) is 53.4 Å². The molecule has 0 aliphatic heterocycles. The molecular weight excluding hydrogens is 382 g/mol. The predicted molar refractivity (Wildman–Crippen MR) is 88.1 cm³/mol. The van der Waals surface area contributed by atoms with E-state index < -0.39 is 39.0 Å². The van der Waals surface area contributed by atoms with Crippen LogP contribution < -0.4 is 10.3 Å². The fraction of sp³-hybridized carbons (Fsp3) is 0.0667. The molecule has 0 spiro atoms. The van der Waals surface area contributed by atoms with E-state index in [4.69, 9.17) is 0 Å². The molecule has 27 heavy (non-hydrogen) atoms. The molecule has 3 rings (SSSR count). The lowest BCUT2D eigenvalue weighted by Gasteiger charge is -2.08. The molecule has 140 valence electrons. The molecule has 1 heterocycles. The zero-order valence-corrected chi connectivity index (χ0v) is 14.3. The summed E-state index contributed by atoms with van der Waals surface area (Å²) in [5.41, 5.74) is 2.63. The van der Waals surface area contributed by atoms with E-state index >= 15 is 0 Å². The first-order valence-corrected chi connectivity index (χ1v) is 8.92. The third-order valence-corrected chi connectivity index (χ3v) is 4.54. The molecule has 0 atom stereocenters. The van der Waals surface area contributed by atoms with Gasteiger partial charge in [-0.2, -0.15) is 4.80 Å². The van der Waals surface area contributed by atoms with Crippen LogP contribution in [0.3, 0.4) is 0 Å². The van der Waals surface area contributed by atoms with Crippen LogP contribution in [0.4, 0.5) is 8.78 Å². The van der Waals surface area contributed by atoms with Crippen molar-refractivity contribution in [3.8, 4) is 11.4 Å². The molecule has 0 bridgehead atoms. The van der Waals surface area contributed by atoms with Gasteiger partial charge >= 0.3 is 0 Å². The van der Waals surface area contributed by atoms with Crippen LogP contribution in [-0.4, -0.2) is 34.5 Å². The molecule has 0 aliphatic rings. The van der Waals surface area contributed by atoms with Gasteiger partial charge in [0.05, 0.1) is 4.90 Å². The van der Waals surface area contributed by atoms with Crippen LogP contribution in [0, 0.1) is 11.6 Å². The average molecular weight is 394 g/mol. The van der Waals surface area contributed by atoms with Crippen LogP contribution in [0.25, 0.3) is 11.4 Å². The molecule has 0 saturated heterocycles. The van der Waals surface area contributed by atoms with Crippen LogP contribution in [0.2, 0.25) is 0 Å². The van der Waals surface area contributed by atoms with E-state index in [1.165, 1.54) is 0 Å². The summed E-state index contributed by atoms with van der Waals surface area (Å²) in [6, 6.07) is 10.9. The van der Waals surface area contributed by atoms with Crippen molar-refractivity contribution in [2.75, 3.05) is 0 Å². The number of hydrogen-bond acceptors (Lipinski definition) is 6. The number of nitrogens with one attached hydrogen (secondary N) is 2. The third-order valence-electron chi connectivity index (χ3n) is 3.30. The third kappa shape index (κ3) is 4.48. The minimum Gasteiger partial charge on any atom is -0.276 e.